The van der Waals surface area contributed by atoms with E-state index in [1.54, 1.807) is 0 Å². The Morgan fingerprint density at radius 3 is 2.92 bits per heavy atom. The van der Waals surface area contributed by atoms with E-state index in [0.717, 1.165) is 12.0 Å². The zero-order valence-electron chi connectivity index (χ0n) is 8.00. The highest BCUT2D eigenvalue weighted by Crippen LogP contribution is 2.21. The van der Waals surface area contributed by atoms with Crippen LogP contribution in [-0.4, -0.2) is 18.9 Å². The van der Waals surface area contributed by atoms with Gasteiger partial charge in [-0.2, -0.15) is 0 Å². The average Bonchev–Trinajstić information content (AvgIpc) is 2.27. The smallest absolute Gasteiger partial charge is 0.316 e. The molecule has 1 unspecified atom stereocenters. The summed E-state index contributed by atoms with van der Waals surface area (Å²) in [6.07, 6.45) is 3.74. The molecule has 72 valence electrons. The van der Waals surface area contributed by atoms with Crippen molar-refractivity contribution in [2.75, 3.05) is 7.11 Å². The van der Waals surface area contributed by atoms with Gasteiger partial charge in [-0.05, 0) is 19.8 Å². The molecule has 0 aromatic rings. The van der Waals surface area contributed by atoms with Crippen LogP contribution in [0, 0.1) is 5.92 Å². The molecule has 0 bridgehead atoms. The van der Waals surface area contributed by atoms with Crippen molar-refractivity contribution in [3.8, 4) is 0 Å². The van der Waals surface area contributed by atoms with Gasteiger partial charge in [-0.3, -0.25) is 9.59 Å². The number of rotatable bonds is 1. The molecular weight excluding hydrogens is 168 g/mol. The van der Waals surface area contributed by atoms with Crippen LogP contribution in [0.1, 0.15) is 26.2 Å². The fraction of sp³-hybridized carbons (Fsp3) is 0.600. The van der Waals surface area contributed by atoms with Crippen LogP contribution in [0.2, 0.25) is 0 Å². The molecule has 0 spiro atoms. The fourth-order valence-electron chi connectivity index (χ4n) is 1.51. The van der Waals surface area contributed by atoms with Crippen LogP contribution in [0.4, 0.5) is 0 Å². The van der Waals surface area contributed by atoms with Crippen molar-refractivity contribution in [2.24, 2.45) is 5.92 Å². The van der Waals surface area contributed by atoms with Crippen molar-refractivity contribution in [3.63, 3.8) is 0 Å². The summed E-state index contributed by atoms with van der Waals surface area (Å²) in [6, 6.07) is 0. The molecular formula is C10H14O3. The third-order valence-electron chi connectivity index (χ3n) is 2.28. The molecule has 1 aliphatic rings. The van der Waals surface area contributed by atoms with Crippen molar-refractivity contribution in [1.82, 2.24) is 0 Å². The van der Waals surface area contributed by atoms with Gasteiger partial charge in [0.1, 0.15) is 11.7 Å². The lowest BCUT2D eigenvalue weighted by Gasteiger charge is -2.10. The van der Waals surface area contributed by atoms with Crippen LogP contribution < -0.4 is 0 Å². The minimum atomic E-state index is -0.566. The van der Waals surface area contributed by atoms with Gasteiger partial charge < -0.3 is 4.74 Å². The predicted octanol–water partition coefficient (Wildman–Crippen LogP) is 1.47. The number of hydrogen-bond acceptors (Lipinski definition) is 3. The van der Waals surface area contributed by atoms with Crippen molar-refractivity contribution in [3.05, 3.63) is 11.6 Å². The van der Waals surface area contributed by atoms with Crippen LogP contribution in [-0.2, 0) is 14.3 Å². The zero-order valence-corrected chi connectivity index (χ0v) is 8.00. The highest BCUT2D eigenvalue weighted by molar-refractivity contribution is 5.99. The maximum absolute atomic E-state index is 11.4. The second-order valence-electron chi connectivity index (χ2n) is 3.34. The van der Waals surface area contributed by atoms with Crippen molar-refractivity contribution in [2.45, 2.75) is 26.2 Å². The van der Waals surface area contributed by atoms with Gasteiger partial charge in [-0.15, -0.1) is 0 Å². The third kappa shape index (κ3) is 2.41. The Labute approximate surface area is 77.8 Å². The van der Waals surface area contributed by atoms with Crippen LogP contribution in [0.3, 0.4) is 0 Å². The molecule has 0 aromatic heterocycles. The fourth-order valence-corrected chi connectivity index (χ4v) is 1.51. The third-order valence-corrected chi connectivity index (χ3v) is 2.28. The number of allylic oxidation sites excluding steroid dienone is 2. The molecule has 0 fully saturated rings. The Kier molecular flexibility index (Phi) is 3.23. The van der Waals surface area contributed by atoms with Gasteiger partial charge in [-0.25, -0.2) is 0 Å². The molecule has 0 heterocycles. The topological polar surface area (TPSA) is 43.4 Å². The predicted molar refractivity (Wildman–Crippen MR) is 48.1 cm³/mol. The van der Waals surface area contributed by atoms with Crippen molar-refractivity contribution in [1.29, 1.82) is 0 Å². The first-order valence-electron chi connectivity index (χ1n) is 4.41. The number of hydrogen-bond donors (Lipinski definition) is 0. The molecule has 3 heteroatoms. The van der Waals surface area contributed by atoms with Gasteiger partial charge in [0.15, 0.2) is 0 Å². The van der Waals surface area contributed by atoms with Crippen LogP contribution in [0.15, 0.2) is 11.6 Å². The molecule has 3 nitrogen and oxygen atoms in total. The summed E-state index contributed by atoms with van der Waals surface area (Å²) < 4.78 is 4.58. The molecule has 1 atom stereocenters. The molecule has 13 heavy (non-hydrogen) atoms. The molecule has 0 amide bonds. The van der Waals surface area contributed by atoms with Crippen LogP contribution in [0.25, 0.3) is 0 Å². The van der Waals surface area contributed by atoms with E-state index in [1.165, 1.54) is 7.11 Å². The summed E-state index contributed by atoms with van der Waals surface area (Å²) in [5.74, 6) is -0.969. The quantitative estimate of drug-likeness (QED) is 0.350. The molecule has 1 rings (SSSR count). The first-order chi connectivity index (χ1) is 6.15. The highest BCUT2D eigenvalue weighted by Gasteiger charge is 2.28. The minimum absolute atomic E-state index is 0.0000463. The van der Waals surface area contributed by atoms with Gasteiger partial charge in [0.2, 0.25) is 0 Å². The van der Waals surface area contributed by atoms with Gasteiger partial charge in [0.25, 0.3) is 0 Å². The van der Waals surface area contributed by atoms with E-state index in [9.17, 15) is 9.59 Å². The number of carbonyl (C=O) groups excluding carboxylic acids is 2. The van der Waals surface area contributed by atoms with E-state index in [4.69, 9.17) is 0 Å². The van der Waals surface area contributed by atoms with Crippen LogP contribution in [0.5, 0.6) is 0 Å². The molecule has 0 saturated carbocycles. The normalized spacial score (nSPS) is 23.4. The summed E-state index contributed by atoms with van der Waals surface area (Å²) in [4.78, 5) is 22.6. The Bertz CT molecular complexity index is 253. The first kappa shape index (κ1) is 9.96. The van der Waals surface area contributed by atoms with E-state index < -0.39 is 11.9 Å². The van der Waals surface area contributed by atoms with Crippen LogP contribution >= 0.6 is 0 Å². The molecule has 1 aliphatic carbocycles. The van der Waals surface area contributed by atoms with E-state index in [0.29, 0.717) is 12.8 Å². The number of Topliss-reactive ketones (excluding diaryl/α,β-unsaturated/α-hetero) is 1. The summed E-state index contributed by atoms with van der Waals surface area (Å²) >= 11 is 0. The summed E-state index contributed by atoms with van der Waals surface area (Å²) in [5.41, 5.74) is 1.10. The van der Waals surface area contributed by atoms with Gasteiger partial charge >= 0.3 is 5.97 Å². The lowest BCUT2D eigenvalue weighted by atomic mass is 9.97. The van der Waals surface area contributed by atoms with E-state index in [1.807, 2.05) is 13.0 Å². The molecule has 0 aromatic carbocycles. The monoisotopic (exact) mass is 182 g/mol. The summed E-state index contributed by atoms with van der Waals surface area (Å²) in [7, 11) is 1.32. The maximum Gasteiger partial charge on any atom is 0.316 e. The Balaban J connectivity index is 2.75. The van der Waals surface area contributed by atoms with E-state index >= 15 is 0 Å². The number of ether oxygens (including phenoxy) is 1. The number of carbonyl (C=O) groups is 2. The summed E-state index contributed by atoms with van der Waals surface area (Å²) in [5, 5.41) is 0. The SMILES string of the molecule is COC(=O)C1CC(C)=CCCC1=O. The second-order valence-corrected chi connectivity index (χ2v) is 3.34. The average molecular weight is 182 g/mol. The minimum Gasteiger partial charge on any atom is -0.468 e. The van der Waals surface area contributed by atoms with Gasteiger partial charge in [0, 0.05) is 6.42 Å². The zero-order chi connectivity index (χ0) is 9.84. The largest absolute Gasteiger partial charge is 0.468 e. The summed E-state index contributed by atoms with van der Waals surface area (Å²) in [6.45, 7) is 1.94. The number of esters is 1. The first-order valence-corrected chi connectivity index (χ1v) is 4.41. The molecule has 0 N–H and O–H groups in total. The lowest BCUT2D eigenvalue weighted by Crippen LogP contribution is -2.24. The van der Waals surface area contributed by atoms with E-state index in [2.05, 4.69) is 4.74 Å². The Hall–Kier alpha value is -1.12. The maximum atomic E-state index is 11.4. The molecule has 0 aliphatic heterocycles. The lowest BCUT2D eigenvalue weighted by molar-refractivity contribution is -0.149. The van der Waals surface area contributed by atoms with Crippen molar-refractivity contribution < 1.29 is 14.3 Å². The standard InChI is InChI=1S/C10H14O3/c1-7-4-3-5-9(11)8(6-7)10(12)13-2/h4,8H,3,5-6H2,1-2H3. The van der Waals surface area contributed by atoms with Gasteiger partial charge in [0.05, 0.1) is 7.11 Å². The number of methoxy groups -OCH3 is 1. The van der Waals surface area contributed by atoms with Gasteiger partial charge in [-0.1, -0.05) is 11.6 Å². The molecule has 0 radical (unpaired) electrons. The highest BCUT2D eigenvalue weighted by atomic mass is 16.5. The van der Waals surface area contributed by atoms with Crippen molar-refractivity contribution >= 4 is 11.8 Å². The number of ketones is 1. The van der Waals surface area contributed by atoms with E-state index in [-0.39, 0.29) is 5.78 Å². The Morgan fingerprint density at radius 1 is 1.62 bits per heavy atom. The Morgan fingerprint density at radius 2 is 2.31 bits per heavy atom. The second kappa shape index (κ2) is 4.21. The molecule has 0 saturated heterocycles.